The zero-order valence-corrected chi connectivity index (χ0v) is 9.41. The van der Waals surface area contributed by atoms with Crippen LogP contribution in [0, 0.1) is 5.41 Å². The van der Waals surface area contributed by atoms with Crippen LogP contribution >= 0.6 is 0 Å². The smallest absolute Gasteiger partial charge is 0.217 e. The van der Waals surface area contributed by atoms with E-state index in [0.29, 0.717) is 17.9 Å². The second kappa shape index (κ2) is 5.39. The van der Waals surface area contributed by atoms with E-state index in [4.69, 9.17) is 14.9 Å². The summed E-state index contributed by atoms with van der Waals surface area (Å²) in [7, 11) is 0. The Labute approximate surface area is 90.5 Å². The molecule has 1 rings (SSSR count). The van der Waals surface area contributed by atoms with Gasteiger partial charge in [0.05, 0.1) is 18.3 Å². The van der Waals surface area contributed by atoms with Gasteiger partial charge in [-0.3, -0.25) is 5.41 Å². The van der Waals surface area contributed by atoms with E-state index in [0.717, 1.165) is 0 Å². The predicted molar refractivity (Wildman–Crippen MR) is 60.7 cm³/mol. The summed E-state index contributed by atoms with van der Waals surface area (Å²) in [4.78, 5) is 0. The van der Waals surface area contributed by atoms with Crippen LogP contribution in [-0.2, 0) is 4.74 Å². The number of hydrogen-bond acceptors (Lipinski definition) is 3. The van der Waals surface area contributed by atoms with Crippen molar-refractivity contribution in [3.05, 3.63) is 29.8 Å². The first-order valence-corrected chi connectivity index (χ1v) is 5.12. The van der Waals surface area contributed by atoms with Gasteiger partial charge in [0.25, 0.3) is 0 Å². The van der Waals surface area contributed by atoms with E-state index in [2.05, 4.69) is 0 Å². The summed E-state index contributed by atoms with van der Waals surface area (Å²) >= 11 is 0. The van der Waals surface area contributed by atoms with Gasteiger partial charge in [0.2, 0.25) is 5.90 Å². The Balaban J connectivity index is 2.90. The molecule has 1 aromatic carbocycles. The SMILES string of the molecule is CCOC(=N)c1ccccc1OC(C)C. The van der Waals surface area contributed by atoms with Gasteiger partial charge in [-0.25, -0.2) is 0 Å². The minimum atomic E-state index is 0.0978. The highest BCUT2D eigenvalue weighted by Crippen LogP contribution is 2.20. The quantitative estimate of drug-likeness (QED) is 0.609. The van der Waals surface area contributed by atoms with Gasteiger partial charge in [-0.1, -0.05) is 12.1 Å². The van der Waals surface area contributed by atoms with Crippen molar-refractivity contribution in [3.8, 4) is 5.75 Å². The number of ether oxygens (including phenoxy) is 2. The lowest BCUT2D eigenvalue weighted by Crippen LogP contribution is -2.11. The lowest BCUT2D eigenvalue weighted by molar-refractivity contribution is 0.240. The van der Waals surface area contributed by atoms with Crippen LogP contribution < -0.4 is 4.74 Å². The number of para-hydroxylation sites is 1. The van der Waals surface area contributed by atoms with E-state index < -0.39 is 0 Å². The van der Waals surface area contributed by atoms with Crippen LogP contribution in [0.5, 0.6) is 5.75 Å². The molecule has 0 heterocycles. The van der Waals surface area contributed by atoms with Crippen LogP contribution in [-0.4, -0.2) is 18.6 Å². The second-order valence-electron chi connectivity index (χ2n) is 3.42. The van der Waals surface area contributed by atoms with Crippen LogP contribution in [0.25, 0.3) is 0 Å². The fourth-order valence-corrected chi connectivity index (χ4v) is 1.23. The highest BCUT2D eigenvalue weighted by molar-refractivity contribution is 5.94. The summed E-state index contributed by atoms with van der Waals surface area (Å²) in [5.74, 6) is 0.861. The first kappa shape index (κ1) is 11.6. The molecular weight excluding hydrogens is 190 g/mol. The molecule has 0 aliphatic rings. The Morgan fingerprint density at radius 2 is 2.00 bits per heavy atom. The third-order valence-electron chi connectivity index (χ3n) is 1.78. The first-order valence-electron chi connectivity index (χ1n) is 5.12. The van der Waals surface area contributed by atoms with Crippen molar-refractivity contribution in [2.75, 3.05) is 6.61 Å². The van der Waals surface area contributed by atoms with Gasteiger partial charge in [-0.2, -0.15) is 0 Å². The van der Waals surface area contributed by atoms with Gasteiger partial charge in [0.1, 0.15) is 5.75 Å². The molecule has 0 atom stereocenters. The number of nitrogens with one attached hydrogen (secondary N) is 1. The summed E-state index contributed by atoms with van der Waals surface area (Å²) in [5, 5.41) is 7.71. The van der Waals surface area contributed by atoms with Gasteiger partial charge >= 0.3 is 0 Å². The summed E-state index contributed by atoms with van der Waals surface area (Å²) < 4.78 is 10.7. The number of rotatable bonds is 4. The second-order valence-corrected chi connectivity index (χ2v) is 3.42. The standard InChI is InChI=1S/C12H17NO2/c1-4-14-12(13)10-7-5-6-8-11(10)15-9(2)3/h5-9,13H,4H2,1-3H3. The third kappa shape index (κ3) is 3.27. The molecule has 0 saturated carbocycles. The molecule has 0 aromatic heterocycles. The molecule has 0 bridgehead atoms. The molecule has 82 valence electrons. The van der Waals surface area contributed by atoms with Crippen LogP contribution in [0.15, 0.2) is 24.3 Å². The fraction of sp³-hybridized carbons (Fsp3) is 0.417. The van der Waals surface area contributed by atoms with Crippen molar-refractivity contribution < 1.29 is 9.47 Å². The van der Waals surface area contributed by atoms with Crippen molar-refractivity contribution in [2.24, 2.45) is 0 Å². The molecule has 0 radical (unpaired) electrons. The van der Waals surface area contributed by atoms with Gasteiger partial charge < -0.3 is 9.47 Å². The van der Waals surface area contributed by atoms with Crippen molar-refractivity contribution in [2.45, 2.75) is 26.9 Å². The van der Waals surface area contributed by atoms with Gasteiger partial charge in [0.15, 0.2) is 0 Å². The zero-order chi connectivity index (χ0) is 11.3. The molecule has 0 aliphatic carbocycles. The monoisotopic (exact) mass is 207 g/mol. The maximum absolute atomic E-state index is 7.71. The molecule has 0 unspecified atom stereocenters. The first-order chi connectivity index (χ1) is 7.15. The molecule has 1 aromatic rings. The van der Waals surface area contributed by atoms with E-state index in [1.165, 1.54) is 0 Å². The molecule has 3 nitrogen and oxygen atoms in total. The van der Waals surface area contributed by atoms with Gasteiger partial charge in [0, 0.05) is 0 Å². The Morgan fingerprint density at radius 3 is 2.60 bits per heavy atom. The predicted octanol–water partition coefficient (Wildman–Crippen LogP) is 2.84. The van der Waals surface area contributed by atoms with Gasteiger partial charge in [-0.05, 0) is 32.9 Å². The molecule has 0 fully saturated rings. The highest BCUT2D eigenvalue weighted by atomic mass is 16.5. The van der Waals surface area contributed by atoms with Crippen LogP contribution in [0.2, 0.25) is 0 Å². The summed E-state index contributed by atoms with van der Waals surface area (Å²) in [5.41, 5.74) is 0.702. The fourth-order valence-electron chi connectivity index (χ4n) is 1.23. The summed E-state index contributed by atoms with van der Waals surface area (Å²) in [6.45, 7) is 6.28. The molecule has 0 spiro atoms. The Morgan fingerprint density at radius 1 is 1.33 bits per heavy atom. The Bertz CT molecular complexity index is 334. The number of benzene rings is 1. The molecule has 0 aliphatic heterocycles. The van der Waals surface area contributed by atoms with Crippen molar-refractivity contribution in [1.82, 2.24) is 0 Å². The van der Waals surface area contributed by atoms with E-state index in [1.54, 1.807) is 0 Å². The largest absolute Gasteiger partial charge is 0.490 e. The van der Waals surface area contributed by atoms with E-state index in [9.17, 15) is 0 Å². The average Bonchev–Trinajstić information content (AvgIpc) is 2.18. The maximum atomic E-state index is 7.71. The minimum absolute atomic E-state index is 0.0978. The van der Waals surface area contributed by atoms with Gasteiger partial charge in [-0.15, -0.1) is 0 Å². The minimum Gasteiger partial charge on any atom is -0.490 e. The molecular formula is C12H17NO2. The van der Waals surface area contributed by atoms with E-state index >= 15 is 0 Å². The lowest BCUT2D eigenvalue weighted by Gasteiger charge is -2.14. The third-order valence-corrected chi connectivity index (χ3v) is 1.78. The normalized spacial score (nSPS) is 10.1. The highest BCUT2D eigenvalue weighted by Gasteiger charge is 2.10. The molecule has 0 saturated heterocycles. The average molecular weight is 207 g/mol. The van der Waals surface area contributed by atoms with Crippen molar-refractivity contribution in [1.29, 1.82) is 5.41 Å². The van der Waals surface area contributed by atoms with Crippen LogP contribution in [0.4, 0.5) is 0 Å². The summed E-state index contributed by atoms with van der Waals surface area (Å²) in [6, 6.07) is 7.44. The summed E-state index contributed by atoms with van der Waals surface area (Å²) in [6.07, 6.45) is 0.0978. The van der Waals surface area contributed by atoms with Crippen molar-refractivity contribution in [3.63, 3.8) is 0 Å². The molecule has 0 amide bonds. The van der Waals surface area contributed by atoms with Crippen LogP contribution in [0.3, 0.4) is 0 Å². The Kier molecular flexibility index (Phi) is 4.16. The lowest BCUT2D eigenvalue weighted by atomic mass is 10.2. The topological polar surface area (TPSA) is 42.3 Å². The Hall–Kier alpha value is -1.51. The van der Waals surface area contributed by atoms with Crippen LogP contribution in [0.1, 0.15) is 26.3 Å². The van der Waals surface area contributed by atoms with E-state index in [1.807, 2.05) is 45.0 Å². The zero-order valence-electron chi connectivity index (χ0n) is 9.41. The van der Waals surface area contributed by atoms with Crippen molar-refractivity contribution >= 4 is 5.90 Å². The molecule has 15 heavy (non-hydrogen) atoms. The van der Waals surface area contributed by atoms with E-state index in [-0.39, 0.29) is 12.0 Å². The molecule has 1 N–H and O–H groups in total. The maximum Gasteiger partial charge on any atom is 0.217 e. The number of hydrogen-bond donors (Lipinski definition) is 1. The molecule has 3 heteroatoms.